The van der Waals surface area contributed by atoms with Gasteiger partial charge in [0.05, 0.1) is 0 Å². The average Bonchev–Trinajstić information content (AvgIpc) is 2.64. The van der Waals surface area contributed by atoms with Crippen molar-refractivity contribution in [1.82, 2.24) is 10.2 Å². The summed E-state index contributed by atoms with van der Waals surface area (Å²) in [4.78, 5) is 2.58. The normalized spacial score (nSPS) is 20.9. The maximum atomic E-state index is 5.90. The van der Waals surface area contributed by atoms with Crippen molar-refractivity contribution >= 4 is 0 Å². The van der Waals surface area contributed by atoms with Crippen LogP contribution >= 0.6 is 0 Å². The van der Waals surface area contributed by atoms with Crippen molar-refractivity contribution in [3.63, 3.8) is 0 Å². The predicted octanol–water partition coefficient (Wildman–Crippen LogP) is 2.69. The van der Waals surface area contributed by atoms with Crippen LogP contribution in [0.25, 0.3) is 0 Å². The van der Waals surface area contributed by atoms with Crippen LogP contribution in [0.15, 0.2) is 24.3 Å². The highest BCUT2D eigenvalue weighted by atomic mass is 16.5. The zero-order valence-electron chi connectivity index (χ0n) is 13.1. The van der Waals surface area contributed by atoms with Gasteiger partial charge in [-0.1, -0.05) is 26.0 Å². The first-order valence-electron chi connectivity index (χ1n) is 7.81. The summed E-state index contributed by atoms with van der Waals surface area (Å²) in [7, 11) is 0. The molecule has 0 saturated carbocycles. The lowest BCUT2D eigenvalue weighted by Gasteiger charge is -2.32. The van der Waals surface area contributed by atoms with Gasteiger partial charge in [0.15, 0.2) is 0 Å². The summed E-state index contributed by atoms with van der Waals surface area (Å²) < 4.78 is 5.90. The van der Waals surface area contributed by atoms with Gasteiger partial charge in [0, 0.05) is 19.1 Å². The SMILES string of the molecule is Cc1cccc(OCCN2CCCNCC2C(C)C)c1. The smallest absolute Gasteiger partial charge is 0.119 e. The maximum absolute atomic E-state index is 5.90. The summed E-state index contributed by atoms with van der Waals surface area (Å²) in [6.07, 6.45) is 1.23. The lowest BCUT2D eigenvalue weighted by Crippen LogP contribution is -2.45. The third-order valence-corrected chi connectivity index (χ3v) is 4.03. The average molecular weight is 276 g/mol. The second-order valence-corrected chi connectivity index (χ2v) is 6.07. The molecule has 1 aliphatic heterocycles. The summed E-state index contributed by atoms with van der Waals surface area (Å²) in [5, 5.41) is 3.54. The minimum absolute atomic E-state index is 0.624. The Morgan fingerprint density at radius 3 is 3.00 bits per heavy atom. The van der Waals surface area contributed by atoms with Gasteiger partial charge in [-0.2, -0.15) is 0 Å². The minimum Gasteiger partial charge on any atom is -0.492 e. The van der Waals surface area contributed by atoms with Crippen LogP contribution in [0, 0.1) is 12.8 Å². The molecule has 20 heavy (non-hydrogen) atoms. The minimum atomic E-state index is 0.624. The highest BCUT2D eigenvalue weighted by Crippen LogP contribution is 2.15. The summed E-state index contributed by atoms with van der Waals surface area (Å²) >= 11 is 0. The molecule has 0 amide bonds. The molecule has 1 heterocycles. The number of benzene rings is 1. The third kappa shape index (κ3) is 4.50. The Kier molecular flexibility index (Phi) is 5.86. The van der Waals surface area contributed by atoms with Crippen molar-refractivity contribution in [2.45, 2.75) is 33.2 Å². The molecule has 0 spiro atoms. The Bertz CT molecular complexity index is 406. The molecule has 0 bridgehead atoms. The zero-order valence-corrected chi connectivity index (χ0v) is 13.1. The quantitative estimate of drug-likeness (QED) is 0.895. The molecule has 1 saturated heterocycles. The molecule has 2 rings (SSSR count). The van der Waals surface area contributed by atoms with Crippen molar-refractivity contribution in [1.29, 1.82) is 0 Å². The van der Waals surface area contributed by atoms with Crippen LogP contribution in [0.1, 0.15) is 25.8 Å². The number of nitrogens with one attached hydrogen (secondary N) is 1. The molecule has 1 aliphatic rings. The Morgan fingerprint density at radius 1 is 1.40 bits per heavy atom. The molecule has 1 aromatic rings. The molecular weight excluding hydrogens is 248 g/mol. The standard InChI is InChI=1S/C17H28N2O/c1-14(2)17-13-18-8-5-9-19(17)10-11-20-16-7-4-6-15(3)12-16/h4,6-7,12,14,17-18H,5,8-11,13H2,1-3H3. The van der Waals surface area contributed by atoms with E-state index < -0.39 is 0 Å². The topological polar surface area (TPSA) is 24.5 Å². The van der Waals surface area contributed by atoms with E-state index in [9.17, 15) is 0 Å². The van der Waals surface area contributed by atoms with Crippen molar-refractivity contribution in [2.75, 3.05) is 32.8 Å². The third-order valence-electron chi connectivity index (χ3n) is 4.03. The highest BCUT2D eigenvalue weighted by Gasteiger charge is 2.23. The summed E-state index contributed by atoms with van der Waals surface area (Å²) in [5.74, 6) is 1.67. The van der Waals surface area contributed by atoms with E-state index in [0.29, 0.717) is 12.0 Å². The molecule has 0 aliphatic carbocycles. The molecule has 1 N–H and O–H groups in total. The van der Waals surface area contributed by atoms with Gasteiger partial charge in [-0.25, -0.2) is 0 Å². The largest absolute Gasteiger partial charge is 0.492 e. The van der Waals surface area contributed by atoms with Crippen LogP contribution < -0.4 is 10.1 Å². The van der Waals surface area contributed by atoms with E-state index in [1.807, 2.05) is 6.07 Å². The van der Waals surface area contributed by atoms with Gasteiger partial charge in [-0.15, -0.1) is 0 Å². The van der Waals surface area contributed by atoms with Gasteiger partial charge in [0.25, 0.3) is 0 Å². The summed E-state index contributed by atoms with van der Waals surface area (Å²) in [6, 6.07) is 8.92. The second kappa shape index (κ2) is 7.65. The highest BCUT2D eigenvalue weighted by molar-refractivity contribution is 5.27. The fourth-order valence-corrected chi connectivity index (χ4v) is 2.87. The van der Waals surface area contributed by atoms with E-state index in [1.54, 1.807) is 0 Å². The molecule has 1 atom stereocenters. The molecule has 0 aromatic heterocycles. The van der Waals surface area contributed by atoms with Crippen molar-refractivity contribution < 1.29 is 4.74 Å². The van der Waals surface area contributed by atoms with Crippen molar-refractivity contribution in [3.05, 3.63) is 29.8 Å². The van der Waals surface area contributed by atoms with Gasteiger partial charge in [0.2, 0.25) is 0 Å². The molecular formula is C17H28N2O. The van der Waals surface area contributed by atoms with Crippen LogP contribution in [-0.4, -0.2) is 43.7 Å². The number of hydrogen-bond acceptors (Lipinski definition) is 3. The zero-order chi connectivity index (χ0) is 14.4. The van der Waals surface area contributed by atoms with Gasteiger partial charge in [0.1, 0.15) is 12.4 Å². The molecule has 1 aromatic carbocycles. The Morgan fingerprint density at radius 2 is 2.25 bits per heavy atom. The van der Waals surface area contributed by atoms with E-state index in [0.717, 1.165) is 32.0 Å². The molecule has 112 valence electrons. The number of ether oxygens (including phenoxy) is 1. The predicted molar refractivity (Wildman–Crippen MR) is 84.4 cm³/mol. The lowest BCUT2D eigenvalue weighted by atomic mass is 10.0. The van der Waals surface area contributed by atoms with Crippen molar-refractivity contribution in [2.24, 2.45) is 5.92 Å². The van der Waals surface area contributed by atoms with E-state index in [1.165, 1.54) is 18.5 Å². The molecule has 1 unspecified atom stereocenters. The van der Waals surface area contributed by atoms with Crippen LogP contribution in [0.5, 0.6) is 5.75 Å². The van der Waals surface area contributed by atoms with Crippen LogP contribution in [-0.2, 0) is 0 Å². The number of rotatable bonds is 5. The lowest BCUT2D eigenvalue weighted by molar-refractivity contribution is 0.138. The maximum Gasteiger partial charge on any atom is 0.119 e. The Labute approximate surface area is 123 Å². The van der Waals surface area contributed by atoms with Crippen LogP contribution in [0.3, 0.4) is 0 Å². The van der Waals surface area contributed by atoms with Gasteiger partial charge < -0.3 is 10.1 Å². The fourth-order valence-electron chi connectivity index (χ4n) is 2.87. The number of hydrogen-bond donors (Lipinski definition) is 1. The van der Waals surface area contributed by atoms with Crippen LogP contribution in [0.2, 0.25) is 0 Å². The summed E-state index contributed by atoms with van der Waals surface area (Å²) in [6.45, 7) is 11.9. The first kappa shape index (κ1) is 15.3. The molecule has 3 heteroatoms. The van der Waals surface area contributed by atoms with E-state index >= 15 is 0 Å². The van der Waals surface area contributed by atoms with Gasteiger partial charge in [-0.3, -0.25) is 4.90 Å². The second-order valence-electron chi connectivity index (χ2n) is 6.07. The van der Waals surface area contributed by atoms with Crippen molar-refractivity contribution in [3.8, 4) is 5.75 Å². The molecule has 0 radical (unpaired) electrons. The van der Waals surface area contributed by atoms with E-state index in [2.05, 4.69) is 49.2 Å². The fraction of sp³-hybridized carbons (Fsp3) is 0.647. The Balaban J connectivity index is 1.84. The summed E-state index contributed by atoms with van der Waals surface area (Å²) in [5.41, 5.74) is 1.25. The number of aryl methyl sites for hydroxylation is 1. The van der Waals surface area contributed by atoms with Gasteiger partial charge in [-0.05, 0) is 50.0 Å². The monoisotopic (exact) mass is 276 g/mol. The van der Waals surface area contributed by atoms with Crippen LogP contribution in [0.4, 0.5) is 0 Å². The van der Waals surface area contributed by atoms with E-state index in [4.69, 9.17) is 4.74 Å². The van der Waals surface area contributed by atoms with Gasteiger partial charge >= 0.3 is 0 Å². The number of nitrogens with zero attached hydrogens (tertiary/aromatic N) is 1. The first-order chi connectivity index (χ1) is 9.66. The molecule has 3 nitrogen and oxygen atoms in total. The Hall–Kier alpha value is -1.06. The first-order valence-corrected chi connectivity index (χ1v) is 7.81. The molecule has 1 fully saturated rings. The van der Waals surface area contributed by atoms with E-state index in [-0.39, 0.29) is 0 Å².